The molecular weight excluding hydrogens is 731 g/mol. The number of nitrogen functional groups attached to an aromatic ring is 1. The maximum atomic E-state index is 12.2. The SMILES string of the molecule is Nc1ncnc2c1c(-c1ccc(Oc3ccccc3)cc1)nn2C1CCN(CCN2CCC(CN3CCN(c4ccc(N5CCC(=O)NC5=O)cc4)CC3)CC2)CC1. The van der Waals surface area contributed by atoms with Crippen LogP contribution in [0.15, 0.2) is 85.2 Å². The number of fused-ring (bicyclic) bond motifs is 1. The average molecular weight is 784 g/mol. The summed E-state index contributed by atoms with van der Waals surface area (Å²) in [6, 6.07) is 25.8. The molecule has 0 atom stereocenters. The predicted octanol–water partition coefficient (Wildman–Crippen LogP) is 5.49. The van der Waals surface area contributed by atoms with E-state index in [-0.39, 0.29) is 18.0 Å². The Hall–Kier alpha value is -5.57. The van der Waals surface area contributed by atoms with Gasteiger partial charge in [-0.25, -0.2) is 19.4 Å². The number of piperazine rings is 1. The van der Waals surface area contributed by atoms with Gasteiger partial charge in [-0.2, -0.15) is 5.10 Å². The number of carbonyl (C=O) groups excluding carboxylic acids is 2. The normalized spacial score (nSPS) is 19.5. The van der Waals surface area contributed by atoms with Crippen LogP contribution in [-0.2, 0) is 4.79 Å². The summed E-state index contributed by atoms with van der Waals surface area (Å²) in [4.78, 5) is 44.7. The number of urea groups is 1. The van der Waals surface area contributed by atoms with Crippen molar-refractivity contribution in [2.45, 2.75) is 38.1 Å². The van der Waals surface area contributed by atoms with Crippen LogP contribution in [-0.4, -0.2) is 125 Å². The third-order valence-corrected chi connectivity index (χ3v) is 12.4. The second-order valence-electron chi connectivity index (χ2n) is 16.1. The van der Waals surface area contributed by atoms with Crippen LogP contribution in [0.1, 0.15) is 38.1 Å². The fraction of sp³-hybridized carbons (Fsp3) is 0.432. The van der Waals surface area contributed by atoms with Gasteiger partial charge >= 0.3 is 6.03 Å². The molecule has 58 heavy (non-hydrogen) atoms. The summed E-state index contributed by atoms with van der Waals surface area (Å²) in [6.07, 6.45) is 6.45. The first-order chi connectivity index (χ1) is 28.4. The molecule has 2 aromatic heterocycles. The van der Waals surface area contributed by atoms with E-state index in [4.69, 9.17) is 15.6 Å². The summed E-state index contributed by atoms with van der Waals surface area (Å²) in [7, 11) is 0. The summed E-state index contributed by atoms with van der Waals surface area (Å²) in [6.45, 7) is 12.4. The molecule has 0 saturated carbocycles. The molecule has 9 rings (SSSR count). The highest BCUT2D eigenvalue weighted by molar-refractivity contribution is 6.05. The number of likely N-dealkylation sites (tertiary alicyclic amines) is 2. The van der Waals surface area contributed by atoms with E-state index in [1.165, 1.54) is 38.2 Å². The van der Waals surface area contributed by atoms with Crippen molar-refractivity contribution in [3.63, 3.8) is 0 Å². The molecule has 3 amide bonds. The number of rotatable bonds is 11. The molecule has 14 heteroatoms. The Bertz CT molecular complexity index is 2170. The lowest BCUT2D eigenvalue weighted by atomic mass is 9.96. The first-order valence-electron chi connectivity index (χ1n) is 20.9. The van der Waals surface area contributed by atoms with Gasteiger partial charge < -0.3 is 25.2 Å². The maximum absolute atomic E-state index is 12.2. The van der Waals surface area contributed by atoms with E-state index in [0.29, 0.717) is 18.8 Å². The highest BCUT2D eigenvalue weighted by Crippen LogP contribution is 2.35. The van der Waals surface area contributed by atoms with Gasteiger partial charge in [-0.3, -0.25) is 19.9 Å². The second-order valence-corrected chi connectivity index (χ2v) is 16.1. The average Bonchev–Trinajstić information content (AvgIpc) is 3.66. The topological polar surface area (TPSA) is 141 Å². The Balaban J connectivity index is 0.709. The number of anilines is 3. The van der Waals surface area contributed by atoms with Crippen LogP contribution in [0.3, 0.4) is 0 Å². The van der Waals surface area contributed by atoms with Gasteiger partial charge in [0.2, 0.25) is 5.91 Å². The number of hydrogen-bond donors (Lipinski definition) is 2. The number of imide groups is 1. The van der Waals surface area contributed by atoms with Crippen molar-refractivity contribution in [2.75, 3.05) is 94.1 Å². The van der Waals surface area contributed by atoms with Crippen LogP contribution in [0.2, 0.25) is 0 Å². The van der Waals surface area contributed by atoms with Crippen molar-refractivity contribution in [2.24, 2.45) is 5.92 Å². The van der Waals surface area contributed by atoms with Gasteiger partial charge in [-0.05, 0) is 105 Å². The van der Waals surface area contributed by atoms with Crippen molar-refractivity contribution in [1.29, 1.82) is 0 Å². The molecule has 0 unspecified atom stereocenters. The molecule has 0 aliphatic carbocycles. The summed E-state index contributed by atoms with van der Waals surface area (Å²) >= 11 is 0. The molecule has 3 aromatic carbocycles. The van der Waals surface area contributed by atoms with E-state index in [9.17, 15) is 9.59 Å². The van der Waals surface area contributed by atoms with Crippen molar-refractivity contribution >= 4 is 40.2 Å². The molecule has 0 bridgehead atoms. The minimum absolute atomic E-state index is 0.210. The molecular formula is C44H53N11O3. The van der Waals surface area contributed by atoms with E-state index in [1.807, 2.05) is 66.7 Å². The molecule has 4 aliphatic rings. The van der Waals surface area contributed by atoms with Crippen LogP contribution in [0.4, 0.5) is 22.0 Å². The number of amides is 3. The Labute approximate surface area is 339 Å². The molecule has 4 aliphatic heterocycles. The smallest absolute Gasteiger partial charge is 0.328 e. The number of nitrogens with two attached hydrogens (primary N) is 1. The van der Waals surface area contributed by atoms with Crippen LogP contribution in [0.25, 0.3) is 22.3 Å². The van der Waals surface area contributed by atoms with Crippen LogP contribution in [0.5, 0.6) is 11.5 Å². The van der Waals surface area contributed by atoms with E-state index >= 15 is 0 Å². The summed E-state index contributed by atoms with van der Waals surface area (Å²) in [5, 5.41) is 8.34. The van der Waals surface area contributed by atoms with Crippen LogP contribution in [0, 0.1) is 5.92 Å². The van der Waals surface area contributed by atoms with Gasteiger partial charge in [0.1, 0.15) is 29.3 Å². The third kappa shape index (κ3) is 8.50. The number of nitrogens with one attached hydrogen (secondary N) is 1. The van der Waals surface area contributed by atoms with E-state index < -0.39 is 0 Å². The number of nitrogens with zero attached hydrogens (tertiary/aromatic N) is 9. The highest BCUT2D eigenvalue weighted by atomic mass is 16.5. The molecule has 0 spiro atoms. The molecule has 0 radical (unpaired) electrons. The number of hydrogen-bond acceptors (Lipinski definition) is 11. The number of ether oxygens (including phenoxy) is 1. The quantitative estimate of drug-likeness (QED) is 0.176. The molecule has 3 N–H and O–H groups in total. The Morgan fingerprint density at radius 2 is 1.34 bits per heavy atom. The molecule has 4 fully saturated rings. The Morgan fingerprint density at radius 3 is 2.03 bits per heavy atom. The lowest BCUT2D eigenvalue weighted by molar-refractivity contribution is -0.120. The van der Waals surface area contributed by atoms with Gasteiger partial charge in [0.05, 0.1) is 11.4 Å². The second kappa shape index (κ2) is 17.1. The summed E-state index contributed by atoms with van der Waals surface area (Å²) < 4.78 is 8.11. The summed E-state index contributed by atoms with van der Waals surface area (Å²) in [5.74, 6) is 2.56. The number of benzene rings is 3. The minimum atomic E-state index is -0.340. The number of carbonyl (C=O) groups is 2. The zero-order valence-electron chi connectivity index (χ0n) is 33.1. The van der Waals surface area contributed by atoms with Crippen LogP contribution < -0.4 is 25.6 Å². The van der Waals surface area contributed by atoms with Crippen molar-refractivity contribution in [3.05, 3.63) is 85.2 Å². The largest absolute Gasteiger partial charge is 0.457 e. The zero-order valence-corrected chi connectivity index (χ0v) is 33.1. The standard InChI is InChI=1S/C44H53N11O3/c45-42-40-41(33-6-12-38(13-7-33)58-37-4-2-1-3-5-37)49-55(43(40)47-31-46-42)36-16-21-51(22-17-36)25-24-50-19-14-32(15-20-50)30-52-26-28-53(29-27-52)34-8-10-35(11-9-34)54-23-18-39(56)48-44(54)57/h1-13,31-32,36H,14-30H2,(H2,45,46,47)(H,48,56,57). The number of piperidine rings is 2. The van der Waals surface area contributed by atoms with Gasteiger partial charge in [0.25, 0.3) is 0 Å². The molecule has 6 heterocycles. The molecule has 302 valence electrons. The lowest BCUT2D eigenvalue weighted by Gasteiger charge is -2.40. The van der Waals surface area contributed by atoms with Gasteiger partial charge in [-0.1, -0.05) is 18.2 Å². The monoisotopic (exact) mass is 783 g/mol. The zero-order chi connectivity index (χ0) is 39.4. The first-order valence-corrected chi connectivity index (χ1v) is 20.9. The fourth-order valence-electron chi connectivity index (χ4n) is 9.03. The summed E-state index contributed by atoms with van der Waals surface area (Å²) in [5.41, 5.74) is 11.0. The van der Waals surface area contributed by atoms with E-state index in [1.54, 1.807) is 11.2 Å². The number of para-hydroxylation sites is 1. The molecule has 14 nitrogen and oxygen atoms in total. The lowest BCUT2D eigenvalue weighted by Crippen LogP contribution is -2.50. The van der Waals surface area contributed by atoms with Crippen molar-refractivity contribution < 1.29 is 14.3 Å². The minimum Gasteiger partial charge on any atom is -0.457 e. The Kier molecular flexibility index (Phi) is 11.2. The van der Waals surface area contributed by atoms with Crippen molar-refractivity contribution in [1.82, 2.24) is 39.8 Å². The predicted molar refractivity (Wildman–Crippen MR) is 226 cm³/mol. The third-order valence-electron chi connectivity index (χ3n) is 12.4. The van der Waals surface area contributed by atoms with Crippen LogP contribution >= 0.6 is 0 Å². The van der Waals surface area contributed by atoms with Gasteiger partial charge in [0, 0.05) is 88.8 Å². The fourth-order valence-corrected chi connectivity index (χ4v) is 9.03. The maximum Gasteiger partial charge on any atom is 0.328 e. The first kappa shape index (κ1) is 38.0. The van der Waals surface area contributed by atoms with Crippen molar-refractivity contribution in [3.8, 4) is 22.8 Å². The van der Waals surface area contributed by atoms with E-state index in [2.05, 4.69) is 51.7 Å². The molecule has 4 saturated heterocycles. The number of aromatic nitrogens is 4. The van der Waals surface area contributed by atoms with Gasteiger partial charge in [-0.15, -0.1) is 0 Å². The highest BCUT2D eigenvalue weighted by Gasteiger charge is 2.29. The molecule has 5 aromatic rings. The Morgan fingerprint density at radius 1 is 0.690 bits per heavy atom. The van der Waals surface area contributed by atoms with E-state index in [0.717, 1.165) is 111 Å². The van der Waals surface area contributed by atoms with Gasteiger partial charge in [0.15, 0.2) is 5.65 Å².